The molecule has 22 heavy (non-hydrogen) atoms. The zero-order valence-electron chi connectivity index (χ0n) is 11.7. The molecule has 2 N–H and O–H groups in total. The van der Waals surface area contributed by atoms with E-state index in [4.69, 9.17) is 0 Å². The van der Waals surface area contributed by atoms with E-state index in [2.05, 4.69) is 30.3 Å². The van der Waals surface area contributed by atoms with E-state index in [0.29, 0.717) is 0 Å². The molecule has 104 valence electrons. The Labute approximate surface area is 126 Å². The number of aromatic hydroxyl groups is 2. The fourth-order valence-corrected chi connectivity index (χ4v) is 3.66. The molecule has 0 radical (unpaired) electrons. The molecule has 1 aliphatic carbocycles. The molecular weight excluding hydrogens is 272 g/mol. The Morgan fingerprint density at radius 2 is 1.45 bits per heavy atom. The highest BCUT2D eigenvalue weighted by molar-refractivity contribution is 6.23. The van der Waals surface area contributed by atoms with Gasteiger partial charge in [-0.3, -0.25) is 0 Å². The van der Waals surface area contributed by atoms with Crippen LogP contribution >= 0.6 is 0 Å². The van der Waals surface area contributed by atoms with Gasteiger partial charge in [0.05, 0.1) is 0 Å². The van der Waals surface area contributed by atoms with E-state index in [1.54, 1.807) is 6.07 Å². The van der Waals surface area contributed by atoms with Gasteiger partial charge in [-0.25, -0.2) is 0 Å². The van der Waals surface area contributed by atoms with Gasteiger partial charge in [-0.05, 0) is 33.4 Å². The second kappa shape index (κ2) is 3.80. The molecule has 0 amide bonds. The zero-order valence-corrected chi connectivity index (χ0v) is 11.7. The third-order valence-corrected chi connectivity index (χ3v) is 4.59. The smallest absolute Gasteiger partial charge is 0.166 e. The number of benzene rings is 4. The van der Waals surface area contributed by atoms with Crippen molar-refractivity contribution in [2.45, 2.75) is 0 Å². The lowest BCUT2D eigenvalue weighted by Crippen LogP contribution is -1.82. The van der Waals surface area contributed by atoms with Crippen LogP contribution in [0.5, 0.6) is 11.5 Å². The molecule has 0 atom stereocenters. The minimum atomic E-state index is -0.0690. The normalized spacial score (nSPS) is 12.0. The summed E-state index contributed by atoms with van der Waals surface area (Å²) in [7, 11) is 0. The minimum absolute atomic E-state index is 0.0324. The van der Waals surface area contributed by atoms with E-state index in [-0.39, 0.29) is 11.5 Å². The topological polar surface area (TPSA) is 40.5 Å². The molecule has 2 heteroatoms. The standard InChI is InChI=1S/C20H12O2/c21-16-10-12-5-3-7-14-15-9-8-11-4-1-2-6-13(11)18(15)19(17(12)14)20(16)22/h1-10,21-22H. The molecule has 0 saturated heterocycles. The molecule has 5 rings (SSSR count). The molecule has 0 unspecified atom stereocenters. The first kappa shape index (κ1) is 11.6. The van der Waals surface area contributed by atoms with Gasteiger partial charge in [-0.2, -0.15) is 0 Å². The Kier molecular flexibility index (Phi) is 2.01. The van der Waals surface area contributed by atoms with Gasteiger partial charge in [0.25, 0.3) is 0 Å². The monoisotopic (exact) mass is 284 g/mol. The van der Waals surface area contributed by atoms with Crippen molar-refractivity contribution < 1.29 is 10.2 Å². The molecule has 4 aromatic rings. The van der Waals surface area contributed by atoms with Crippen LogP contribution in [0.1, 0.15) is 0 Å². The quantitative estimate of drug-likeness (QED) is 0.391. The lowest BCUT2D eigenvalue weighted by molar-refractivity contribution is 0.406. The maximum Gasteiger partial charge on any atom is 0.166 e. The van der Waals surface area contributed by atoms with Crippen molar-refractivity contribution in [3.8, 4) is 33.8 Å². The fourth-order valence-electron chi connectivity index (χ4n) is 3.66. The van der Waals surface area contributed by atoms with Gasteiger partial charge >= 0.3 is 0 Å². The Morgan fingerprint density at radius 1 is 0.636 bits per heavy atom. The predicted molar refractivity (Wildman–Crippen MR) is 89.2 cm³/mol. The van der Waals surface area contributed by atoms with Gasteiger partial charge in [0.1, 0.15) is 0 Å². The van der Waals surface area contributed by atoms with Crippen LogP contribution in [-0.2, 0) is 0 Å². The molecule has 2 nitrogen and oxygen atoms in total. The van der Waals surface area contributed by atoms with Crippen LogP contribution in [-0.4, -0.2) is 10.2 Å². The van der Waals surface area contributed by atoms with Crippen molar-refractivity contribution in [2.24, 2.45) is 0 Å². The average molecular weight is 284 g/mol. The predicted octanol–water partition coefficient (Wildman–Crippen LogP) is 5.05. The summed E-state index contributed by atoms with van der Waals surface area (Å²) in [5, 5.41) is 24.8. The van der Waals surface area contributed by atoms with Crippen LogP contribution in [0.25, 0.3) is 43.8 Å². The summed E-state index contributed by atoms with van der Waals surface area (Å²) in [6.45, 7) is 0. The molecule has 0 aromatic heterocycles. The highest BCUT2D eigenvalue weighted by Crippen LogP contribution is 2.55. The summed E-state index contributed by atoms with van der Waals surface area (Å²) in [4.78, 5) is 0. The average Bonchev–Trinajstić information content (AvgIpc) is 2.89. The first-order valence-electron chi connectivity index (χ1n) is 7.26. The van der Waals surface area contributed by atoms with Gasteiger partial charge in [0.2, 0.25) is 0 Å². The number of rotatable bonds is 0. The molecule has 0 aliphatic heterocycles. The zero-order chi connectivity index (χ0) is 14.8. The second-order valence-electron chi connectivity index (χ2n) is 5.73. The Morgan fingerprint density at radius 3 is 2.36 bits per heavy atom. The molecule has 4 aromatic carbocycles. The highest BCUT2D eigenvalue weighted by Gasteiger charge is 2.27. The summed E-state index contributed by atoms with van der Waals surface area (Å²) in [6, 6.07) is 20.0. The molecule has 0 saturated carbocycles. The van der Waals surface area contributed by atoms with Crippen molar-refractivity contribution >= 4 is 21.5 Å². The van der Waals surface area contributed by atoms with Crippen molar-refractivity contribution in [3.05, 3.63) is 60.7 Å². The van der Waals surface area contributed by atoms with Crippen LogP contribution in [0.15, 0.2) is 60.7 Å². The number of phenols is 2. The Balaban J connectivity index is 2.11. The van der Waals surface area contributed by atoms with E-state index < -0.39 is 0 Å². The minimum Gasteiger partial charge on any atom is -0.504 e. The third kappa shape index (κ3) is 1.25. The molecular formula is C20H12O2. The summed E-state index contributed by atoms with van der Waals surface area (Å²) < 4.78 is 0. The second-order valence-corrected chi connectivity index (χ2v) is 5.73. The van der Waals surface area contributed by atoms with Crippen molar-refractivity contribution in [1.29, 1.82) is 0 Å². The van der Waals surface area contributed by atoms with E-state index in [1.165, 1.54) is 0 Å². The van der Waals surface area contributed by atoms with Gasteiger partial charge < -0.3 is 10.2 Å². The Hall–Kier alpha value is -3.00. The van der Waals surface area contributed by atoms with E-state index in [9.17, 15) is 10.2 Å². The summed E-state index contributed by atoms with van der Waals surface area (Å²) in [6.07, 6.45) is 0. The summed E-state index contributed by atoms with van der Waals surface area (Å²) >= 11 is 0. The Bertz CT molecular complexity index is 1090. The van der Waals surface area contributed by atoms with Gasteiger partial charge in [0, 0.05) is 16.5 Å². The molecule has 0 fully saturated rings. The molecule has 1 aliphatic rings. The summed E-state index contributed by atoms with van der Waals surface area (Å²) in [5.41, 5.74) is 3.99. The van der Waals surface area contributed by atoms with Crippen molar-refractivity contribution in [1.82, 2.24) is 0 Å². The van der Waals surface area contributed by atoms with Gasteiger partial charge in [-0.15, -0.1) is 0 Å². The van der Waals surface area contributed by atoms with Crippen LogP contribution in [0.2, 0.25) is 0 Å². The fraction of sp³-hybridized carbons (Fsp3) is 0. The highest BCUT2D eigenvalue weighted by atomic mass is 16.3. The van der Waals surface area contributed by atoms with Crippen molar-refractivity contribution in [2.75, 3.05) is 0 Å². The summed E-state index contributed by atoms with van der Waals surface area (Å²) in [5.74, 6) is -0.101. The van der Waals surface area contributed by atoms with Gasteiger partial charge in [-0.1, -0.05) is 54.6 Å². The van der Waals surface area contributed by atoms with Crippen molar-refractivity contribution in [3.63, 3.8) is 0 Å². The molecule has 0 spiro atoms. The maximum atomic E-state index is 10.5. The third-order valence-electron chi connectivity index (χ3n) is 4.59. The molecule has 0 heterocycles. The van der Waals surface area contributed by atoms with E-state index >= 15 is 0 Å². The first-order chi connectivity index (χ1) is 10.8. The van der Waals surface area contributed by atoms with E-state index in [0.717, 1.165) is 43.8 Å². The number of hydrogen-bond donors (Lipinski definition) is 2. The maximum absolute atomic E-state index is 10.5. The lowest BCUT2D eigenvalue weighted by Gasteiger charge is -2.09. The largest absolute Gasteiger partial charge is 0.504 e. The lowest BCUT2D eigenvalue weighted by atomic mass is 9.96. The van der Waals surface area contributed by atoms with E-state index in [1.807, 2.05) is 24.3 Å². The van der Waals surface area contributed by atoms with Gasteiger partial charge in [0.15, 0.2) is 11.5 Å². The van der Waals surface area contributed by atoms with Crippen LogP contribution < -0.4 is 0 Å². The van der Waals surface area contributed by atoms with Crippen LogP contribution in [0.4, 0.5) is 0 Å². The number of fused-ring (bicyclic) bond motifs is 5. The first-order valence-corrected chi connectivity index (χ1v) is 7.26. The molecule has 0 bridgehead atoms. The number of phenolic OH excluding ortho intramolecular Hbond substituents is 2. The number of hydrogen-bond acceptors (Lipinski definition) is 2. The van der Waals surface area contributed by atoms with Crippen LogP contribution in [0, 0.1) is 0 Å². The van der Waals surface area contributed by atoms with Crippen LogP contribution in [0.3, 0.4) is 0 Å². The SMILES string of the molecule is Oc1cc2cccc3c2c(c1O)-c1c-3ccc2ccccc12.